The topological polar surface area (TPSA) is 243 Å². The molecule has 0 saturated carbocycles. The number of Topliss-reactive ketones (excluding diaryl/α,β-unsaturated/α-hetero) is 2. The summed E-state index contributed by atoms with van der Waals surface area (Å²) in [6.45, 7) is 1.70. The largest absolute Gasteiger partial charge is 0.508 e. The SMILES string of the molecule is C/C(=C\c1ccc(O)cc1)C(=O)Cc1ccc(C(=O)CC(CC#N)C(=O)Nc2ccc(C(=O)Nc3ccc(C(=O)Nc4ccc(C(=O)O)c(O)c4)c(O)c3)cc2)cc1. The van der Waals surface area contributed by atoms with Crippen LogP contribution >= 0.6 is 0 Å². The molecule has 1 unspecified atom stereocenters. The maximum atomic E-state index is 13.1. The lowest BCUT2D eigenvalue weighted by Crippen LogP contribution is -2.25. The van der Waals surface area contributed by atoms with Gasteiger partial charge in [-0.3, -0.25) is 24.0 Å². The first-order valence-corrected chi connectivity index (χ1v) is 17.6. The Morgan fingerprint density at radius 1 is 0.672 bits per heavy atom. The zero-order chi connectivity index (χ0) is 41.9. The van der Waals surface area contributed by atoms with E-state index in [-0.39, 0.29) is 64.6 Å². The Kier molecular flexibility index (Phi) is 13.1. The second-order valence-electron chi connectivity index (χ2n) is 13.1. The van der Waals surface area contributed by atoms with Crippen LogP contribution in [0.1, 0.15) is 72.3 Å². The number of hydrogen-bond acceptors (Lipinski definition) is 10. The van der Waals surface area contributed by atoms with Crippen LogP contribution in [0.15, 0.2) is 115 Å². The summed E-state index contributed by atoms with van der Waals surface area (Å²) in [5.41, 5.74) is 2.51. The predicted molar refractivity (Wildman–Crippen MR) is 214 cm³/mol. The number of ketones is 2. The van der Waals surface area contributed by atoms with E-state index in [1.807, 2.05) is 6.07 Å². The van der Waals surface area contributed by atoms with Gasteiger partial charge in [0.15, 0.2) is 11.6 Å². The fraction of sp³-hybridized carbons (Fsp3) is 0.114. The Hall–Kier alpha value is -8.05. The molecule has 14 heteroatoms. The molecule has 0 aromatic heterocycles. The molecule has 0 heterocycles. The average Bonchev–Trinajstić information content (AvgIpc) is 3.19. The number of carbonyl (C=O) groups is 6. The van der Waals surface area contributed by atoms with Gasteiger partial charge >= 0.3 is 5.97 Å². The minimum absolute atomic E-state index is 0.0827. The quantitative estimate of drug-likeness (QED) is 0.0423. The first-order chi connectivity index (χ1) is 27.7. The molecule has 0 fully saturated rings. The summed E-state index contributed by atoms with van der Waals surface area (Å²) in [6, 6.07) is 27.9. The zero-order valence-electron chi connectivity index (χ0n) is 30.9. The van der Waals surface area contributed by atoms with Crippen molar-refractivity contribution in [2.45, 2.75) is 26.2 Å². The van der Waals surface area contributed by atoms with Crippen molar-refractivity contribution in [3.63, 3.8) is 0 Å². The molecule has 58 heavy (non-hydrogen) atoms. The van der Waals surface area contributed by atoms with Crippen molar-refractivity contribution in [3.05, 3.63) is 148 Å². The lowest BCUT2D eigenvalue weighted by atomic mass is 9.94. The highest BCUT2D eigenvalue weighted by atomic mass is 16.4. The second kappa shape index (κ2) is 18.5. The number of phenolic OH excluding ortho intramolecular Hbond substituents is 2. The summed E-state index contributed by atoms with van der Waals surface area (Å²) < 4.78 is 0. The van der Waals surface area contributed by atoms with Crippen molar-refractivity contribution >= 4 is 58.4 Å². The number of allylic oxidation sites excluding steroid dienone is 1. The van der Waals surface area contributed by atoms with E-state index < -0.39 is 41.1 Å². The van der Waals surface area contributed by atoms with Crippen molar-refractivity contribution in [2.75, 3.05) is 16.0 Å². The Balaban J connectivity index is 1.13. The third-order valence-corrected chi connectivity index (χ3v) is 8.90. The van der Waals surface area contributed by atoms with Crippen LogP contribution in [0.3, 0.4) is 0 Å². The molecule has 3 amide bonds. The van der Waals surface area contributed by atoms with Crippen molar-refractivity contribution in [2.24, 2.45) is 5.92 Å². The van der Waals surface area contributed by atoms with Gasteiger partial charge in [0.25, 0.3) is 11.8 Å². The highest BCUT2D eigenvalue weighted by Crippen LogP contribution is 2.27. The van der Waals surface area contributed by atoms with Gasteiger partial charge in [-0.15, -0.1) is 0 Å². The minimum Gasteiger partial charge on any atom is -0.508 e. The van der Waals surface area contributed by atoms with Gasteiger partial charge in [-0.1, -0.05) is 36.4 Å². The maximum absolute atomic E-state index is 13.1. The number of aromatic hydroxyl groups is 3. The summed E-state index contributed by atoms with van der Waals surface area (Å²) in [7, 11) is 0. The Morgan fingerprint density at radius 2 is 1.22 bits per heavy atom. The summed E-state index contributed by atoms with van der Waals surface area (Å²) in [4.78, 5) is 75.8. The van der Waals surface area contributed by atoms with Gasteiger partial charge < -0.3 is 36.4 Å². The number of carbonyl (C=O) groups excluding carboxylic acids is 5. The molecule has 0 radical (unpaired) electrons. The van der Waals surface area contributed by atoms with Crippen molar-refractivity contribution in [1.82, 2.24) is 0 Å². The zero-order valence-corrected chi connectivity index (χ0v) is 30.9. The first kappa shape index (κ1) is 41.1. The fourth-order valence-corrected chi connectivity index (χ4v) is 5.69. The monoisotopic (exact) mass is 780 g/mol. The van der Waals surface area contributed by atoms with Crippen LogP contribution in [0.25, 0.3) is 6.08 Å². The number of nitrogens with zero attached hydrogens (tertiary/aromatic N) is 1. The molecule has 7 N–H and O–H groups in total. The van der Waals surface area contributed by atoms with Gasteiger partial charge in [0.05, 0.1) is 17.6 Å². The Morgan fingerprint density at radius 3 is 1.79 bits per heavy atom. The number of hydrogen-bond donors (Lipinski definition) is 7. The summed E-state index contributed by atoms with van der Waals surface area (Å²) in [5, 5.41) is 55.9. The molecule has 1 atom stereocenters. The van der Waals surface area contributed by atoms with E-state index in [0.29, 0.717) is 22.4 Å². The molecule has 0 bridgehead atoms. The van der Waals surface area contributed by atoms with Gasteiger partial charge in [-0.05, 0) is 90.4 Å². The summed E-state index contributed by atoms with van der Waals surface area (Å²) in [6.07, 6.45) is 1.35. The molecule has 5 aromatic rings. The van der Waals surface area contributed by atoms with Crippen LogP contribution in [0, 0.1) is 17.2 Å². The molecule has 14 nitrogen and oxygen atoms in total. The number of aromatic carboxylic acids is 1. The first-order valence-electron chi connectivity index (χ1n) is 17.6. The van der Waals surface area contributed by atoms with Crippen LogP contribution in [0.2, 0.25) is 0 Å². The highest BCUT2D eigenvalue weighted by Gasteiger charge is 2.23. The number of amides is 3. The number of carboxylic acids is 1. The standard InChI is InChI=1S/C44H36N4O10/c1-25(20-26-4-14-34(49)15-5-26)37(50)21-27-2-6-28(7-3-27)38(51)22-30(18-19-45)42(55)46-31-10-8-29(9-11-31)41(54)47-32-12-16-35(39(52)23-32)43(56)48-33-13-17-36(44(57)58)40(53)24-33/h2-17,20,23-24,30,49,52-53H,18,21-22H2,1H3,(H,46,55)(H,47,54)(H,48,56)(H,57,58)/b25-20+. The van der Waals surface area contributed by atoms with Crippen LogP contribution in [0.4, 0.5) is 17.1 Å². The van der Waals surface area contributed by atoms with Gasteiger partial charge in [0.1, 0.15) is 22.8 Å². The van der Waals surface area contributed by atoms with Crippen molar-refractivity contribution < 1.29 is 49.2 Å². The van der Waals surface area contributed by atoms with E-state index in [9.17, 15) is 49.3 Å². The molecule has 292 valence electrons. The van der Waals surface area contributed by atoms with Crippen molar-refractivity contribution in [1.29, 1.82) is 5.26 Å². The van der Waals surface area contributed by atoms with E-state index in [0.717, 1.165) is 23.8 Å². The molecule has 5 aromatic carbocycles. The summed E-state index contributed by atoms with van der Waals surface area (Å²) >= 11 is 0. The number of phenols is 3. The van der Waals surface area contributed by atoms with Gasteiger partial charge in [-0.2, -0.15) is 5.26 Å². The number of carboxylic acid groups (broad SMARTS) is 1. The van der Waals surface area contributed by atoms with E-state index in [1.165, 1.54) is 54.6 Å². The fourth-order valence-electron chi connectivity index (χ4n) is 5.69. The third-order valence-electron chi connectivity index (χ3n) is 8.90. The molecular formula is C44H36N4O10. The molecule has 0 aliphatic carbocycles. The lowest BCUT2D eigenvalue weighted by Gasteiger charge is -2.14. The van der Waals surface area contributed by atoms with E-state index in [4.69, 9.17) is 5.11 Å². The average molecular weight is 781 g/mol. The van der Waals surface area contributed by atoms with E-state index in [2.05, 4.69) is 16.0 Å². The number of rotatable bonds is 15. The second-order valence-corrected chi connectivity index (χ2v) is 13.1. The number of anilines is 3. The molecule has 0 saturated heterocycles. The molecular weight excluding hydrogens is 745 g/mol. The smallest absolute Gasteiger partial charge is 0.339 e. The number of nitrogens with one attached hydrogen (secondary N) is 3. The highest BCUT2D eigenvalue weighted by molar-refractivity contribution is 6.08. The number of nitriles is 1. The van der Waals surface area contributed by atoms with Crippen LogP contribution in [0.5, 0.6) is 17.2 Å². The molecule has 0 spiro atoms. The van der Waals surface area contributed by atoms with E-state index in [1.54, 1.807) is 49.4 Å². The van der Waals surface area contributed by atoms with Gasteiger partial charge in [0, 0.05) is 59.6 Å². The normalized spacial score (nSPS) is 11.4. The Labute approximate surface area is 331 Å². The third kappa shape index (κ3) is 10.8. The maximum Gasteiger partial charge on any atom is 0.339 e. The molecule has 0 aliphatic heterocycles. The molecule has 5 rings (SSSR count). The minimum atomic E-state index is -1.35. The number of benzene rings is 5. The van der Waals surface area contributed by atoms with Crippen LogP contribution in [-0.4, -0.2) is 55.7 Å². The predicted octanol–water partition coefficient (Wildman–Crippen LogP) is 6.96. The summed E-state index contributed by atoms with van der Waals surface area (Å²) in [5.74, 6) is -5.61. The van der Waals surface area contributed by atoms with Crippen molar-refractivity contribution in [3.8, 4) is 23.3 Å². The van der Waals surface area contributed by atoms with Crippen LogP contribution < -0.4 is 16.0 Å². The van der Waals surface area contributed by atoms with Gasteiger partial charge in [-0.25, -0.2) is 4.79 Å². The lowest BCUT2D eigenvalue weighted by molar-refractivity contribution is -0.119. The van der Waals surface area contributed by atoms with Crippen LogP contribution in [-0.2, 0) is 16.0 Å². The molecule has 0 aliphatic rings. The van der Waals surface area contributed by atoms with Gasteiger partial charge in [0.2, 0.25) is 5.91 Å². The Bertz CT molecular complexity index is 2470. The van der Waals surface area contributed by atoms with E-state index >= 15 is 0 Å².